The van der Waals surface area contributed by atoms with Gasteiger partial charge in [-0.3, -0.25) is 9.88 Å². The van der Waals surface area contributed by atoms with Gasteiger partial charge < -0.3 is 19.1 Å². The monoisotopic (exact) mass is 640 g/mol. The summed E-state index contributed by atoms with van der Waals surface area (Å²) in [7, 11) is 0. The molecule has 1 saturated carbocycles. The molecule has 0 N–H and O–H groups in total. The summed E-state index contributed by atoms with van der Waals surface area (Å²) in [5.41, 5.74) is 3.13. The topological polar surface area (TPSA) is 111 Å². The van der Waals surface area contributed by atoms with Crippen molar-refractivity contribution < 1.29 is 23.8 Å². The number of likely N-dealkylation sites (tertiary alicyclic amines) is 1. The van der Waals surface area contributed by atoms with E-state index < -0.39 is 17.3 Å². The van der Waals surface area contributed by atoms with Gasteiger partial charge in [0.05, 0.1) is 25.0 Å². The van der Waals surface area contributed by atoms with Gasteiger partial charge in [0.25, 0.3) is 0 Å². The Morgan fingerprint density at radius 1 is 0.957 bits per heavy atom. The smallest absolute Gasteiger partial charge is 0.416 e. The van der Waals surface area contributed by atoms with Crippen molar-refractivity contribution >= 4 is 23.7 Å². The summed E-state index contributed by atoms with van der Waals surface area (Å²) in [6, 6.07) is 15.5. The Balaban J connectivity index is 1.34. The first kappa shape index (κ1) is 32.3. The third-order valence-electron chi connectivity index (χ3n) is 7.94. The molecule has 1 aliphatic carbocycles. The lowest BCUT2D eigenvalue weighted by Gasteiger charge is -2.34. The Kier molecular flexibility index (Phi) is 8.82. The summed E-state index contributed by atoms with van der Waals surface area (Å²) >= 11 is 0. The molecular weight excluding hydrogens is 596 g/mol. The van der Waals surface area contributed by atoms with E-state index in [9.17, 15) is 9.59 Å². The van der Waals surface area contributed by atoms with Crippen LogP contribution in [0.15, 0.2) is 60.9 Å². The van der Waals surface area contributed by atoms with Crippen LogP contribution >= 0.6 is 0 Å². The van der Waals surface area contributed by atoms with Crippen LogP contribution in [0.3, 0.4) is 0 Å². The van der Waals surface area contributed by atoms with Gasteiger partial charge in [0.1, 0.15) is 23.1 Å². The minimum absolute atomic E-state index is 0.227. The van der Waals surface area contributed by atoms with Gasteiger partial charge in [0, 0.05) is 29.9 Å². The van der Waals surface area contributed by atoms with Gasteiger partial charge >= 0.3 is 12.2 Å². The van der Waals surface area contributed by atoms with Crippen molar-refractivity contribution in [2.75, 3.05) is 18.0 Å². The van der Waals surface area contributed by atoms with E-state index in [-0.39, 0.29) is 18.7 Å². The molecule has 0 unspecified atom stereocenters. The maximum atomic E-state index is 13.9. The molecule has 2 amide bonds. The van der Waals surface area contributed by atoms with Crippen LogP contribution in [0.4, 0.5) is 15.4 Å². The number of benzene rings is 1. The number of aromatic nitrogens is 4. The number of rotatable bonds is 7. The fraction of sp³-hybridized carbons (Fsp3) is 0.472. The molecule has 6 rings (SSSR count). The van der Waals surface area contributed by atoms with E-state index in [1.165, 1.54) is 0 Å². The van der Waals surface area contributed by atoms with E-state index in [4.69, 9.17) is 24.3 Å². The number of carbonyl (C=O) groups excluding carboxylic acids is 2. The largest absolute Gasteiger partial charge is 0.472 e. The zero-order chi connectivity index (χ0) is 33.3. The van der Waals surface area contributed by atoms with E-state index in [2.05, 4.69) is 4.98 Å². The highest BCUT2D eigenvalue weighted by Crippen LogP contribution is 2.42. The van der Waals surface area contributed by atoms with Gasteiger partial charge in [-0.2, -0.15) is 14.6 Å². The maximum Gasteiger partial charge on any atom is 0.416 e. The standard InChI is InChI=1S/C36H44N6O5/c1-35(2,3)46-33(43)40-19-9-10-27(23-40)45-30-20-31(42-32(39-30)28(21-38-42)25-16-17-25)41(34(44)47-36(4,5)6)22-24-12-14-26(15-13-24)29-11-7-8-18-37-29/h7-8,11-15,18,20-21,25,27H,9-10,16-17,19,22-23H2,1-6H3/t27-/m1/s1. The zero-order valence-corrected chi connectivity index (χ0v) is 28.1. The molecular formula is C36H44N6O5. The number of fused-ring (bicyclic) bond motifs is 1. The van der Waals surface area contributed by atoms with E-state index in [0.717, 1.165) is 48.1 Å². The summed E-state index contributed by atoms with van der Waals surface area (Å²) in [5.74, 6) is 1.22. The Hall–Kier alpha value is -4.67. The minimum Gasteiger partial charge on any atom is -0.472 e. The second-order valence-corrected chi connectivity index (χ2v) is 14.3. The second-order valence-electron chi connectivity index (χ2n) is 14.3. The van der Waals surface area contributed by atoms with Gasteiger partial charge in [-0.15, -0.1) is 0 Å². The summed E-state index contributed by atoms with van der Waals surface area (Å²) in [6.45, 7) is 12.3. The molecule has 4 heterocycles. The van der Waals surface area contributed by atoms with Crippen LogP contribution in [0.1, 0.15) is 84.3 Å². The van der Waals surface area contributed by atoms with Crippen molar-refractivity contribution in [2.45, 2.75) is 97.0 Å². The average molecular weight is 641 g/mol. The number of anilines is 1. The maximum absolute atomic E-state index is 13.9. The van der Waals surface area contributed by atoms with E-state index in [0.29, 0.717) is 36.4 Å². The predicted octanol–water partition coefficient (Wildman–Crippen LogP) is 7.39. The van der Waals surface area contributed by atoms with Crippen LogP contribution in [0, 0.1) is 0 Å². The Morgan fingerprint density at radius 2 is 1.70 bits per heavy atom. The lowest BCUT2D eigenvalue weighted by Crippen LogP contribution is -2.46. The Morgan fingerprint density at radius 3 is 2.36 bits per heavy atom. The number of hydrogen-bond donors (Lipinski definition) is 0. The molecule has 11 nitrogen and oxygen atoms in total. The number of carbonyl (C=O) groups is 2. The summed E-state index contributed by atoms with van der Waals surface area (Å²) in [6.07, 6.45) is 6.11. The average Bonchev–Trinajstić information content (AvgIpc) is 3.77. The minimum atomic E-state index is -0.722. The summed E-state index contributed by atoms with van der Waals surface area (Å²) in [4.78, 5) is 39.4. The van der Waals surface area contributed by atoms with Crippen molar-refractivity contribution in [3.63, 3.8) is 0 Å². The lowest BCUT2D eigenvalue weighted by molar-refractivity contribution is 0.00720. The van der Waals surface area contributed by atoms with Gasteiger partial charge in [0.15, 0.2) is 5.65 Å². The van der Waals surface area contributed by atoms with E-state index >= 15 is 0 Å². The highest BCUT2D eigenvalue weighted by molar-refractivity contribution is 5.87. The van der Waals surface area contributed by atoms with E-state index in [1.54, 1.807) is 26.6 Å². The van der Waals surface area contributed by atoms with Crippen LogP contribution in [0.25, 0.3) is 16.9 Å². The molecule has 1 atom stereocenters. The van der Waals surface area contributed by atoms with Crippen molar-refractivity contribution in [1.29, 1.82) is 0 Å². The SMILES string of the molecule is CC(C)(C)OC(=O)N1CCC[C@@H](Oc2cc(N(Cc3ccc(-c4ccccn4)cc3)C(=O)OC(C)(C)C)n3ncc(C4CC4)c3n2)C1. The van der Waals surface area contributed by atoms with Crippen molar-refractivity contribution in [2.24, 2.45) is 0 Å². The summed E-state index contributed by atoms with van der Waals surface area (Å²) < 4.78 is 19.7. The first-order chi connectivity index (χ1) is 22.3. The molecule has 0 bridgehead atoms. The van der Waals surface area contributed by atoms with Gasteiger partial charge in [0.2, 0.25) is 5.88 Å². The fourth-order valence-corrected chi connectivity index (χ4v) is 5.63. The van der Waals surface area contributed by atoms with Crippen LogP contribution < -0.4 is 9.64 Å². The number of hydrogen-bond acceptors (Lipinski definition) is 8. The number of nitrogens with zero attached hydrogens (tertiary/aromatic N) is 6. The van der Waals surface area contributed by atoms with Crippen molar-refractivity contribution in [3.05, 3.63) is 72.1 Å². The first-order valence-electron chi connectivity index (χ1n) is 16.4. The molecule has 4 aromatic rings. The molecule has 1 aliphatic heterocycles. The van der Waals surface area contributed by atoms with Gasteiger partial charge in [-0.1, -0.05) is 30.3 Å². The quantitative estimate of drug-likeness (QED) is 0.206. The zero-order valence-electron chi connectivity index (χ0n) is 28.1. The number of piperidine rings is 1. The third-order valence-corrected chi connectivity index (χ3v) is 7.94. The van der Waals surface area contributed by atoms with Crippen LogP contribution in [-0.2, 0) is 16.0 Å². The molecule has 248 valence electrons. The highest BCUT2D eigenvalue weighted by atomic mass is 16.6. The van der Waals surface area contributed by atoms with Gasteiger partial charge in [-0.25, -0.2) is 9.59 Å². The number of pyridine rings is 1. The van der Waals surface area contributed by atoms with Crippen LogP contribution in [0.2, 0.25) is 0 Å². The molecule has 0 spiro atoms. The molecule has 0 radical (unpaired) electrons. The number of ether oxygens (including phenoxy) is 3. The normalized spacial score (nSPS) is 17.0. The molecule has 2 fully saturated rings. The molecule has 1 saturated heterocycles. The first-order valence-corrected chi connectivity index (χ1v) is 16.4. The van der Waals surface area contributed by atoms with Gasteiger partial charge in [-0.05, 0) is 90.8 Å². The second kappa shape index (κ2) is 12.8. The fourth-order valence-electron chi connectivity index (χ4n) is 5.63. The lowest BCUT2D eigenvalue weighted by atomic mass is 10.1. The molecule has 47 heavy (non-hydrogen) atoms. The third kappa shape index (κ3) is 8.01. The Labute approximate surface area is 275 Å². The van der Waals surface area contributed by atoms with Crippen molar-refractivity contribution in [1.82, 2.24) is 24.5 Å². The Bertz CT molecular complexity index is 1720. The van der Waals surface area contributed by atoms with E-state index in [1.807, 2.05) is 90.2 Å². The van der Waals surface area contributed by atoms with Crippen molar-refractivity contribution in [3.8, 4) is 17.1 Å². The number of amides is 2. The molecule has 11 heteroatoms. The molecule has 2 aliphatic rings. The summed E-state index contributed by atoms with van der Waals surface area (Å²) in [5, 5.41) is 4.70. The predicted molar refractivity (Wildman–Crippen MR) is 179 cm³/mol. The highest BCUT2D eigenvalue weighted by Gasteiger charge is 2.33. The van der Waals surface area contributed by atoms with Crippen LogP contribution in [-0.4, -0.2) is 67.1 Å². The van der Waals surface area contributed by atoms with Crippen LogP contribution in [0.5, 0.6) is 5.88 Å². The molecule has 3 aromatic heterocycles. The molecule has 1 aromatic carbocycles.